The summed E-state index contributed by atoms with van der Waals surface area (Å²) in [6.07, 6.45) is 1.89. The number of carbonyl (C=O) groups excluding carboxylic acids is 1. The fraction of sp³-hybridized carbons (Fsp3) is 0.417. The molecular weight excluding hydrogens is 252 g/mol. The summed E-state index contributed by atoms with van der Waals surface area (Å²) in [5.74, 6) is 0.171. The first-order valence-corrected chi connectivity index (χ1v) is 7.40. The summed E-state index contributed by atoms with van der Waals surface area (Å²) in [6.45, 7) is 0.525. The van der Waals surface area contributed by atoms with E-state index in [9.17, 15) is 13.2 Å². The Morgan fingerprint density at radius 2 is 1.83 bits per heavy atom. The summed E-state index contributed by atoms with van der Waals surface area (Å²) in [4.78, 5) is 11.5. The zero-order chi connectivity index (χ0) is 13.0. The Balaban J connectivity index is 1.77. The van der Waals surface area contributed by atoms with Crippen molar-refractivity contribution < 1.29 is 13.2 Å². The van der Waals surface area contributed by atoms with Gasteiger partial charge in [-0.1, -0.05) is 18.2 Å². The van der Waals surface area contributed by atoms with Crippen LogP contribution in [0.1, 0.15) is 12.8 Å². The number of carbonyl (C=O) groups is 1. The summed E-state index contributed by atoms with van der Waals surface area (Å²) < 4.78 is 26.0. The smallest absolute Gasteiger partial charge is 0.240 e. The lowest BCUT2D eigenvalue weighted by molar-refractivity contribution is -0.122. The van der Waals surface area contributed by atoms with Gasteiger partial charge in [0.1, 0.15) is 0 Å². The number of benzene rings is 1. The van der Waals surface area contributed by atoms with Crippen LogP contribution in [0.2, 0.25) is 0 Å². The predicted octanol–water partition coefficient (Wildman–Crippen LogP) is 0.491. The van der Waals surface area contributed by atoms with E-state index in [-0.39, 0.29) is 23.3 Å². The van der Waals surface area contributed by atoms with Gasteiger partial charge in [-0.25, -0.2) is 13.1 Å². The van der Waals surface area contributed by atoms with Crippen molar-refractivity contribution in [2.75, 3.05) is 13.1 Å². The second kappa shape index (κ2) is 5.49. The highest BCUT2D eigenvalue weighted by Gasteiger charge is 2.29. The van der Waals surface area contributed by atoms with Crippen LogP contribution in [0, 0.1) is 5.92 Å². The first-order chi connectivity index (χ1) is 8.59. The van der Waals surface area contributed by atoms with Crippen LogP contribution in [-0.4, -0.2) is 27.4 Å². The van der Waals surface area contributed by atoms with E-state index in [2.05, 4.69) is 10.0 Å². The molecule has 0 aromatic heterocycles. The van der Waals surface area contributed by atoms with Gasteiger partial charge in [0.05, 0.1) is 4.90 Å². The maximum absolute atomic E-state index is 11.8. The van der Waals surface area contributed by atoms with Crippen molar-refractivity contribution in [3.8, 4) is 0 Å². The van der Waals surface area contributed by atoms with E-state index in [0.717, 1.165) is 12.8 Å². The van der Waals surface area contributed by atoms with Gasteiger partial charge in [0.15, 0.2) is 0 Å². The quantitative estimate of drug-likeness (QED) is 0.737. The molecule has 1 amide bonds. The van der Waals surface area contributed by atoms with Gasteiger partial charge in [-0.3, -0.25) is 4.79 Å². The van der Waals surface area contributed by atoms with Gasteiger partial charge in [-0.2, -0.15) is 0 Å². The molecule has 0 bridgehead atoms. The molecule has 0 aliphatic heterocycles. The first-order valence-electron chi connectivity index (χ1n) is 5.92. The first kappa shape index (κ1) is 13.0. The highest BCUT2D eigenvalue weighted by Crippen LogP contribution is 2.28. The molecule has 18 heavy (non-hydrogen) atoms. The maximum atomic E-state index is 11.8. The lowest BCUT2D eigenvalue weighted by atomic mass is 10.4. The van der Waals surface area contributed by atoms with E-state index in [4.69, 9.17) is 0 Å². The van der Waals surface area contributed by atoms with Crippen LogP contribution in [0.5, 0.6) is 0 Å². The Morgan fingerprint density at radius 1 is 1.17 bits per heavy atom. The summed E-state index contributed by atoms with van der Waals surface area (Å²) in [5.41, 5.74) is 0. The third kappa shape index (κ3) is 3.54. The second-order valence-corrected chi connectivity index (χ2v) is 6.04. The average Bonchev–Trinajstić information content (AvgIpc) is 3.20. The van der Waals surface area contributed by atoms with Crippen molar-refractivity contribution in [2.45, 2.75) is 17.7 Å². The second-order valence-electron chi connectivity index (χ2n) is 4.28. The van der Waals surface area contributed by atoms with Crippen molar-refractivity contribution in [1.82, 2.24) is 10.0 Å². The van der Waals surface area contributed by atoms with E-state index in [1.807, 2.05) is 0 Å². The molecule has 0 atom stereocenters. The van der Waals surface area contributed by atoms with Crippen LogP contribution in [-0.2, 0) is 14.8 Å². The van der Waals surface area contributed by atoms with Gasteiger partial charge in [0.2, 0.25) is 15.9 Å². The Bertz CT molecular complexity index is 509. The average molecular weight is 268 g/mol. The third-order valence-electron chi connectivity index (χ3n) is 2.72. The third-order valence-corrected chi connectivity index (χ3v) is 4.19. The molecule has 0 saturated heterocycles. The molecule has 1 aromatic carbocycles. The highest BCUT2D eigenvalue weighted by molar-refractivity contribution is 7.89. The van der Waals surface area contributed by atoms with Gasteiger partial charge < -0.3 is 5.32 Å². The number of hydrogen-bond donors (Lipinski definition) is 2. The molecule has 2 rings (SSSR count). The van der Waals surface area contributed by atoms with Gasteiger partial charge in [0.25, 0.3) is 0 Å². The van der Waals surface area contributed by atoms with Gasteiger partial charge in [-0.05, 0) is 25.0 Å². The Morgan fingerprint density at radius 3 is 2.44 bits per heavy atom. The Kier molecular flexibility index (Phi) is 3.98. The van der Waals surface area contributed by atoms with Crippen molar-refractivity contribution in [1.29, 1.82) is 0 Å². The summed E-state index contributed by atoms with van der Waals surface area (Å²) in [5, 5.41) is 2.70. The summed E-state index contributed by atoms with van der Waals surface area (Å²) >= 11 is 0. The van der Waals surface area contributed by atoms with Crippen molar-refractivity contribution in [2.24, 2.45) is 5.92 Å². The van der Waals surface area contributed by atoms with Gasteiger partial charge >= 0.3 is 0 Å². The zero-order valence-electron chi connectivity index (χ0n) is 9.93. The molecular formula is C12H16N2O3S. The SMILES string of the molecule is O=C(NCCNS(=O)(=O)c1ccccc1)C1CC1. The Hall–Kier alpha value is -1.40. The number of hydrogen-bond acceptors (Lipinski definition) is 3. The minimum absolute atomic E-state index is 0.0221. The van der Waals surface area contributed by atoms with Crippen LogP contribution in [0.25, 0.3) is 0 Å². The van der Waals surface area contributed by atoms with Gasteiger partial charge in [-0.15, -0.1) is 0 Å². The number of amides is 1. The highest BCUT2D eigenvalue weighted by atomic mass is 32.2. The maximum Gasteiger partial charge on any atom is 0.240 e. The molecule has 1 aromatic rings. The standard InChI is InChI=1S/C12H16N2O3S/c15-12(10-6-7-10)13-8-9-14-18(16,17)11-4-2-1-3-5-11/h1-5,10,14H,6-9H2,(H,13,15). The predicted molar refractivity (Wildman–Crippen MR) is 67.4 cm³/mol. The molecule has 98 valence electrons. The van der Waals surface area contributed by atoms with Crippen molar-refractivity contribution in [3.63, 3.8) is 0 Å². The number of nitrogens with one attached hydrogen (secondary N) is 2. The number of rotatable bonds is 6. The van der Waals surface area contributed by atoms with E-state index in [1.54, 1.807) is 18.2 Å². The van der Waals surface area contributed by atoms with Crippen LogP contribution in [0.3, 0.4) is 0 Å². The van der Waals surface area contributed by atoms with E-state index in [1.165, 1.54) is 12.1 Å². The van der Waals surface area contributed by atoms with Crippen molar-refractivity contribution in [3.05, 3.63) is 30.3 Å². The van der Waals surface area contributed by atoms with Crippen LogP contribution in [0.4, 0.5) is 0 Å². The van der Waals surface area contributed by atoms with Crippen LogP contribution < -0.4 is 10.0 Å². The van der Waals surface area contributed by atoms with E-state index < -0.39 is 10.0 Å². The largest absolute Gasteiger partial charge is 0.355 e. The van der Waals surface area contributed by atoms with E-state index in [0.29, 0.717) is 6.54 Å². The van der Waals surface area contributed by atoms with Gasteiger partial charge in [0, 0.05) is 19.0 Å². The summed E-state index contributed by atoms with van der Waals surface area (Å²) in [6, 6.07) is 8.16. The van der Waals surface area contributed by atoms with E-state index >= 15 is 0 Å². The molecule has 6 heteroatoms. The lowest BCUT2D eigenvalue weighted by Crippen LogP contribution is -2.35. The fourth-order valence-electron chi connectivity index (χ4n) is 1.54. The fourth-order valence-corrected chi connectivity index (χ4v) is 2.60. The molecule has 2 N–H and O–H groups in total. The minimum Gasteiger partial charge on any atom is -0.355 e. The molecule has 1 saturated carbocycles. The molecule has 0 radical (unpaired) electrons. The Labute approximate surface area is 107 Å². The molecule has 0 unspecified atom stereocenters. The molecule has 0 spiro atoms. The molecule has 1 fully saturated rings. The summed E-state index contributed by atoms with van der Waals surface area (Å²) in [7, 11) is -3.46. The molecule has 1 aliphatic rings. The number of sulfonamides is 1. The van der Waals surface area contributed by atoms with Crippen LogP contribution in [0.15, 0.2) is 35.2 Å². The monoisotopic (exact) mass is 268 g/mol. The molecule has 0 heterocycles. The normalized spacial score (nSPS) is 15.3. The minimum atomic E-state index is -3.46. The topological polar surface area (TPSA) is 75.3 Å². The lowest BCUT2D eigenvalue weighted by Gasteiger charge is -2.07. The van der Waals surface area contributed by atoms with Crippen LogP contribution >= 0.6 is 0 Å². The molecule has 5 nitrogen and oxygen atoms in total. The molecule has 1 aliphatic carbocycles. The van der Waals surface area contributed by atoms with Crippen molar-refractivity contribution >= 4 is 15.9 Å². The zero-order valence-corrected chi connectivity index (χ0v) is 10.7.